The molecule has 4 heteroatoms. The van der Waals surface area contributed by atoms with Crippen molar-refractivity contribution < 1.29 is 14.6 Å². The van der Waals surface area contributed by atoms with E-state index in [9.17, 15) is 9.90 Å². The summed E-state index contributed by atoms with van der Waals surface area (Å²) in [6.07, 6.45) is 0. The Morgan fingerprint density at radius 3 is 2.33 bits per heavy atom. The number of para-hydroxylation sites is 1. The molecule has 0 amide bonds. The van der Waals surface area contributed by atoms with Crippen molar-refractivity contribution in [2.24, 2.45) is 0 Å². The molecule has 2 N–H and O–H groups in total. The van der Waals surface area contributed by atoms with Gasteiger partial charge in [-0.3, -0.25) is 10.1 Å². The lowest BCUT2D eigenvalue weighted by Crippen LogP contribution is -2.30. The first kappa shape index (κ1) is 15.1. The molecule has 110 valence electrons. The average molecular weight is 285 g/mol. The zero-order valence-corrected chi connectivity index (χ0v) is 12.1. The molecular formula is C17H19NO3. The third-order valence-electron chi connectivity index (χ3n) is 3.40. The van der Waals surface area contributed by atoms with Crippen LogP contribution in [0.4, 0.5) is 0 Å². The third kappa shape index (κ3) is 3.61. The largest absolute Gasteiger partial charge is 0.496 e. The van der Waals surface area contributed by atoms with Crippen molar-refractivity contribution in [3.05, 3.63) is 65.7 Å². The number of carboxylic acid groups (broad SMARTS) is 1. The zero-order valence-electron chi connectivity index (χ0n) is 12.1. The van der Waals surface area contributed by atoms with Gasteiger partial charge >= 0.3 is 5.97 Å². The number of methoxy groups -OCH3 is 1. The van der Waals surface area contributed by atoms with Gasteiger partial charge in [0.2, 0.25) is 0 Å². The van der Waals surface area contributed by atoms with Gasteiger partial charge in [0.1, 0.15) is 11.8 Å². The molecule has 0 aliphatic rings. The maximum absolute atomic E-state index is 11.5. The molecule has 0 spiro atoms. The van der Waals surface area contributed by atoms with Crippen LogP contribution in [-0.4, -0.2) is 18.2 Å². The van der Waals surface area contributed by atoms with Crippen molar-refractivity contribution in [3.8, 4) is 5.75 Å². The molecule has 0 aliphatic carbocycles. The van der Waals surface area contributed by atoms with E-state index in [0.29, 0.717) is 0 Å². The molecule has 0 radical (unpaired) electrons. The monoisotopic (exact) mass is 285 g/mol. The molecule has 0 aliphatic heterocycles. The Labute approximate surface area is 124 Å². The normalized spacial score (nSPS) is 13.4. The van der Waals surface area contributed by atoms with Crippen LogP contribution in [0.15, 0.2) is 54.6 Å². The summed E-state index contributed by atoms with van der Waals surface area (Å²) < 4.78 is 5.33. The smallest absolute Gasteiger partial charge is 0.325 e. The summed E-state index contributed by atoms with van der Waals surface area (Å²) in [5, 5.41) is 12.6. The highest BCUT2D eigenvalue weighted by Gasteiger charge is 2.23. The van der Waals surface area contributed by atoms with Crippen molar-refractivity contribution in [1.82, 2.24) is 5.32 Å². The number of rotatable bonds is 6. The lowest BCUT2D eigenvalue weighted by Gasteiger charge is -2.22. The fraction of sp³-hybridized carbons (Fsp3) is 0.235. The van der Waals surface area contributed by atoms with E-state index in [4.69, 9.17) is 4.74 Å². The second kappa shape index (κ2) is 6.90. The highest BCUT2D eigenvalue weighted by Crippen LogP contribution is 2.27. The Balaban J connectivity index is 2.23. The predicted octanol–water partition coefficient (Wildman–Crippen LogP) is 3.17. The van der Waals surface area contributed by atoms with Crippen molar-refractivity contribution in [3.63, 3.8) is 0 Å². The summed E-state index contributed by atoms with van der Waals surface area (Å²) in [6.45, 7) is 1.93. The van der Waals surface area contributed by atoms with Crippen molar-refractivity contribution in [2.75, 3.05) is 7.11 Å². The number of aliphatic carboxylic acids is 1. The molecule has 2 aromatic carbocycles. The summed E-state index contributed by atoms with van der Waals surface area (Å²) >= 11 is 0. The number of carboxylic acids is 1. The first-order valence-corrected chi connectivity index (χ1v) is 6.80. The molecule has 0 aromatic heterocycles. The van der Waals surface area contributed by atoms with Crippen molar-refractivity contribution in [2.45, 2.75) is 19.0 Å². The summed E-state index contributed by atoms with van der Waals surface area (Å²) in [5.41, 5.74) is 1.66. The molecule has 21 heavy (non-hydrogen) atoms. The molecule has 4 nitrogen and oxygen atoms in total. The van der Waals surface area contributed by atoms with Gasteiger partial charge in [-0.2, -0.15) is 0 Å². The van der Waals surface area contributed by atoms with Crippen LogP contribution in [0.1, 0.15) is 30.1 Å². The first-order valence-electron chi connectivity index (χ1n) is 6.80. The average Bonchev–Trinajstić information content (AvgIpc) is 2.52. The molecule has 2 rings (SSSR count). The second-order valence-electron chi connectivity index (χ2n) is 4.81. The highest BCUT2D eigenvalue weighted by atomic mass is 16.5. The van der Waals surface area contributed by atoms with Crippen LogP contribution in [0.3, 0.4) is 0 Å². The summed E-state index contributed by atoms with van der Waals surface area (Å²) in [7, 11) is 1.61. The summed E-state index contributed by atoms with van der Waals surface area (Å²) in [5.74, 6) is -0.155. The highest BCUT2D eigenvalue weighted by molar-refractivity contribution is 5.75. The van der Waals surface area contributed by atoms with Crippen LogP contribution in [0.5, 0.6) is 5.75 Å². The van der Waals surface area contributed by atoms with Gasteiger partial charge in [-0.25, -0.2) is 0 Å². The minimum Gasteiger partial charge on any atom is -0.496 e. The van der Waals surface area contributed by atoms with E-state index in [-0.39, 0.29) is 6.04 Å². The predicted molar refractivity (Wildman–Crippen MR) is 81.4 cm³/mol. The molecule has 0 fully saturated rings. The molecule has 2 aromatic rings. The molecular weight excluding hydrogens is 266 g/mol. The zero-order chi connectivity index (χ0) is 15.2. The SMILES string of the molecule is COc1ccccc1[C@@H](C)NC(C(=O)O)c1ccccc1. The van der Waals surface area contributed by atoms with Crippen LogP contribution < -0.4 is 10.1 Å². The van der Waals surface area contributed by atoms with E-state index in [2.05, 4.69) is 5.32 Å². The Morgan fingerprint density at radius 1 is 1.10 bits per heavy atom. The summed E-state index contributed by atoms with van der Waals surface area (Å²) in [6, 6.07) is 15.8. The lowest BCUT2D eigenvalue weighted by molar-refractivity contribution is -0.139. The van der Waals surface area contributed by atoms with Gasteiger partial charge in [0, 0.05) is 11.6 Å². The number of nitrogens with one attached hydrogen (secondary N) is 1. The van der Waals surface area contributed by atoms with Gasteiger partial charge < -0.3 is 9.84 Å². The Kier molecular flexibility index (Phi) is 4.95. The van der Waals surface area contributed by atoms with Gasteiger partial charge in [-0.05, 0) is 18.6 Å². The van der Waals surface area contributed by atoms with E-state index in [1.54, 1.807) is 19.2 Å². The van der Waals surface area contributed by atoms with Crippen LogP contribution in [0, 0.1) is 0 Å². The topological polar surface area (TPSA) is 58.6 Å². The minimum absolute atomic E-state index is 0.151. The van der Waals surface area contributed by atoms with E-state index < -0.39 is 12.0 Å². The molecule has 0 saturated heterocycles. The van der Waals surface area contributed by atoms with Gasteiger partial charge in [0.25, 0.3) is 0 Å². The molecule has 0 bridgehead atoms. The molecule has 0 saturated carbocycles. The fourth-order valence-corrected chi connectivity index (χ4v) is 2.32. The maximum atomic E-state index is 11.5. The Morgan fingerprint density at radius 2 is 1.71 bits per heavy atom. The van der Waals surface area contributed by atoms with E-state index in [1.807, 2.05) is 49.4 Å². The van der Waals surface area contributed by atoms with Crippen molar-refractivity contribution in [1.29, 1.82) is 0 Å². The van der Waals surface area contributed by atoms with E-state index in [1.165, 1.54) is 0 Å². The first-order chi connectivity index (χ1) is 10.1. The maximum Gasteiger partial charge on any atom is 0.325 e. The molecule has 0 heterocycles. The standard InChI is InChI=1S/C17H19NO3/c1-12(14-10-6-7-11-15(14)21-2)18-16(17(19)20)13-8-4-3-5-9-13/h3-12,16,18H,1-2H3,(H,19,20)/t12-,16?/m1/s1. The van der Waals surface area contributed by atoms with Crippen LogP contribution in [-0.2, 0) is 4.79 Å². The number of carbonyl (C=O) groups is 1. The number of benzene rings is 2. The lowest BCUT2D eigenvalue weighted by atomic mass is 10.0. The second-order valence-corrected chi connectivity index (χ2v) is 4.81. The van der Waals surface area contributed by atoms with Crippen LogP contribution in [0.2, 0.25) is 0 Å². The van der Waals surface area contributed by atoms with Crippen LogP contribution in [0.25, 0.3) is 0 Å². The Bertz CT molecular complexity index is 598. The van der Waals surface area contributed by atoms with Gasteiger partial charge in [0.15, 0.2) is 0 Å². The van der Waals surface area contributed by atoms with Gasteiger partial charge in [-0.1, -0.05) is 48.5 Å². The quantitative estimate of drug-likeness (QED) is 0.856. The van der Waals surface area contributed by atoms with Crippen molar-refractivity contribution >= 4 is 5.97 Å². The van der Waals surface area contributed by atoms with Gasteiger partial charge in [0.05, 0.1) is 7.11 Å². The van der Waals surface area contributed by atoms with E-state index >= 15 is 0 Å². The molecule has 1 unspecified atom stereocenters. The Hall–Kier alpha value is -2.33. The third-order valence-corrected chi connectivity index (χ3v) is 3.40. The molecule has 2 atom stereocenters. The number of hydrogen-bond donors (Lipinski definition) is 2. The fourth-order valence-electron chi connectivity index (χ4n) is 2.32. The minimum atomic E-state index is -0.900. The number of ether oxygens (including phenoxy) is 1. The van der Waals surface area contributed by atoms with Gasteiger partial charge in [-0.15, -0.1) is 0 Å². The number of hydrogen-bond acceptors (Lipinski definition) is 3. The summed E-state index contributed by atoms with van der Waals surface area (Å²) in [4.78, 5) is 11.5. The van der Waals surface area contributed by atoms with Crippen LogP contribution >= 0.6 is 0 Å². The van der Waals surface area contributed by atoms with E-state index in [0.717, 1.165) is 16.9 Å².